The van der Waals surface area contributed by atoms with Crippen LogP contribution in [0.2, 0.25) is 5.02 Å². The maximum Gasteiger partial charge on any atom is 0.272 e. The summed E-state index contributed by atoms with van der Waals surface area (Å²) < 4.78 is 16.3. The minimum absolute atomic E-state index is 0.0358. The number of amides is 2. The van der Waals surface area contributed by atoms with Crippen LogP contribution in [0.1, 0.15) is 26.3 Å². The summed E-state index contributed by atoms with van der Waals surface area (Å²) in [6.45, 7) is 0. The Kier molecular flexibility index (Phi) is 10.9. The highest BCUT2D eigenvalue weighted by Gasteiger charge is 2.18. The molecular formula is C33H29ClN2O6S. The highest BCUT2D eigenvalue weighted by molar-refractivity contribution is 8.00. The quantitative estimate of drug-likeness (QED) is 0.103. The Hall–Kier alpha value is -4.73. The average molecular weight is 617 g/mol. The van der Waals surface area contributed by atoms with E-state index in [1.54, 1.807) is 84.9 Å². The summed E-state index contributed by atoms with van der Waals surface area (Å²) in [5, 5.41) is 5.96. The van der Waals surface area contributed by atoms with Crippen molar-refractivity contribution in [3.05, 3.63) is 118 Å². The van der Waals surface area contributed by atoms with Crippen molar-refractivity contribution in [3.63, 3.8) is 0 Å². The third kappa shape index (κ3) is 8.18. The molecule has 2 N–H and O–H groups in total. The van der Waals surface area contributed by atoms with E-state index in [2.05, 4.69) is 10.6 Å². The van der Waals surface area contributed by atoms with E-state index >= 15 is 0 Å². The molecule has 220 valence electrons. The summed E-state index contributed by atoms with van der Waals surface area (Å²) in [6, 6.07) is 25.8. The molecule has 0 aromatic heterocycles. The van der Waals surface area contributed by atoms with Gasteiger partial charge < -0.3 is 24.8 Å². The molecule has 0 bridgehead atoms. The van der Waals surface area contributed by atoms with Gasteiger partial charge in [0.1, 0.15) is 11.4 Å². The van der Waals surface area contributed by atoms with Crippen LogP contribution in [-0.4, -0.2) is 44.7 Å². The molecule has 4 rings (SSSR count). The lowest BCUT2D eigenvalue weighted by atomic mass is 10.1. The van der Waals surface area contributed by atoms with Gasteiger partial charge in [-0.1, -0.05) is 48.0 Å². The van der Waals surface area contributed by atoms with Crippen molar-refractivity contribution in [2.45, 2.75) is 4.90 Å². The molecule has 43 heavy (non-hydrogen) atoms. The Balaban J connectivity index is 1.59. The van der Waals surface area contributed by atoms with Crippen molar-refractivity contribution >= 4 is 52.7 Å². The zero-order valence-electron chi connectivity index (χ0n) is 23.7. The first-order valence-corrected chi connectivity index (χ1v) is 14.4. The van der Waals surface area contributed by atoms with Crippen molar-refractivity contribution in [2.75, 3.05) is 32.4 Å². The Morgan fingerprint density at radius 1 is 0.791 bits per heavy atom. The van der Waals surface area contributed by atoms with Gasteiger partial charge in [-0.25, -0.2) is 0 Å². The standard InChI is InChI=1S/C33H29ClN2O6S/c1-40-29-19-31(42-3)30(41-2)17-22(29)16-27(36-32(38)21-10-5-4-6-11-21)33(39)35-23-12-9-13-24(18-23)43-20-28(37)25-14-7-8-15-26(25)34/h4-19H,20H2,1-3H3,(H,35,39)(H,36,38)/b27-16-. The van der Waals surface area contributed by atoms with Gasteiger partial charge in [0.15, 0.2) is 17.3 Å². The predicted octanol–water partition coefficient (Wildman–Crippen LogP) is 6.75. The minimum atomic E-state index is -0.574. The van der Waals surface area contributed by atoms with Crippen molar-refractivity contribution in [1.29, 1.82) is 0 Å². The van der Waals surface area contributed by atoms with Crippen LogP contribution in [0.15, 0.2) is 102 Å². The lowest BCUT2D eigenvalue weighted by Gasteiger charge is -2.15. The summed E-state index contributed by atoms with van der Waals surface area (Å²) >= 11 is 7.48. The molecular weight excluding hydrogens is 588 g/mol. The number of ether oxygens (including phenoxy) is 3. The Morgan fingerprint density at radius 3 is 2.16 bits per heavy atom. The topological polar surface area (TPSA) is 103 Å². The van der Waals surface area contributed by atoms with E-state index < -0.39 is 11.8 Å². The number of thioether (sulfide) groups is 1. The van der Waals surface area contributed by atoms with E-state index in [1.807, 2.05) is 6.07 Å². The first-order chi connectivity index (χ1) is 20.8. The van der Waals surface area contributed by atoms with E-state index in [0.717, 1.165) is 4.90 Å². The fraction of sp³-hybridized carbons (Fsp3) is 0.121. The van der Waals surface area contributed by atoms with Crippen LogP contribution in [-0.2, 0) is 4.79 Å². The van der Waals surface area contributed by atoms with Crippen molar-refractivity contribution in [2.24, 2.45) is 0 Å². The van der Waals surface area contributed by atoms with Gasteiger partial charge in [0.2, 0.25) is 0 Å². The first-order valence-electron chi connectivity index (χ1n) is 13.0. The van der Waals surface area contributed by atoms with Crippen LogP contribution in [0.4, 0.5) is 5.69 Å². The summed E-state index contributed by atoms with van der Waals surface area (Å²) in [5.41, 5.74) is 1.74. The van der Waals surface area contributed by atoms with Crippen LogP contribution in [0.3, 0.4) is 0 Å². The molecule has 0 heterocycles. The average Bonchev–Trinajstić information content (AvgIpc) is 3.03. The number of Topliss-reactive ketones (excluding diaryl/α,β-unsaturated/α-hetero) is 1. The van der Waals surface area contributed by atoms with Gasteiger partial charge in [0, 0.05) is 33.3 Å². The Morgan fingerprint density at radius 2 is 1.47 bits per heavy atom. The molecule has 0 unspecified atom stereocenters. The van der Waals surface area contributed by atoms with Crippen LogP contribution in [0, 0.1) is 0 Å². The van der Waals surface area contributed by atoms with E-state index in [1.165, 1.54) is 39.2 Å². The molecule has 8 nitrogen and oxygen atoms in total. The van der Waals surface area contributed by atoms with Crippen LogP contribution < -0.4 is 24.8 Å². The van der Waals surface area contributed by atoms with Gasteiger partial charge in [-0.05, 0) is 54.6 Å². The van der Waals surface area contributed by atoms with Crippen molar-refractivity contribution < 1.29 is 28.6 Å². The first kappa shape index (κ1) is 31.2. The van der Waals surface area contributed by atoms with E-state index in [-0.39, 0.29) is 17.2 Å². The van der Waals surface area contributed by atoms with Gasteiger partial charge in [-0.15, -0.1) is 11.8 Å². The lowest BCUT2D eigenvalue weighted by Crippen LogP contribution is -2.30. The third-order valence-corrected chi connectivity index (χ3v) is 7.52. The smallest absolute Gasteiger partial charge is 0.272 e. The van der Waals surface area contributed by atoms with E-state index in [4.69, 9.17) is 25.8 Å². The van der Waals surface area contributed by atoms with Gasteiger partial charge >= 0.3 is 0 Å². The SMILES string of the molecule is COc1cc(OC)c(OC)cc1/C=C(\NC(=O)c1ccccc1)C(=O)Nc1cccc(SCC(=O)c2ccccc2Cl)c1. The normalized spacial score (nSPS) is 10.9. The molecule has 0 radical (unpaired) electrons. The third-order valence-electron chi connectivity index (χ3n) is 6.20. The molecule has 0 spiro atoms. The second-order valence-corrected chi connectivity index (χ2v) is 10.5. The lowest BCUT2D eigenvalue weighted by molar-refractivity contribution is -0.113. The van der Waals surface area contributed by atoms with Crippen LogP contribution in [0.5, 0.6) is 17.2 Å². The summed E-state index contributed by atoms with van der Waals surface area (Å²) in [7, 11) is 4.49. The minimum Gasteiger partial charge on any atom is -0.496 e. The number of rotatable bonds is 12. The number of benzene rings is 4. The molecule has 4 aromatic carbocycles. The maximum absolute atomic E-state index is 13.6. The second-order valence-electron chi connectivity index (χ2n) is 9.00. The molecule has 0 aliphatic rings. The van der Waals surface area contributed by atoms with Crippen LogP contribution in [0.25, 0.3) is 6.08 Å². The Bertz CT molecular complexity index is 1660. The fourth-order valence-corrected chi connectivity index (χ4v) is 5.12. The molecule has 2 amide bonds. The van der Waals surface area contributed by atoms with E-state index in [9.17, 15) is 14.4 Å². The number of nitrogens with one attached hydrogen (secondary N) is 2. The number of hydrogen-bond acceptors (Lipinski definition) is 7. The van der Waals surface area contributed by atoms with Crippen molar-refractivity contribution in [3.8, 4) is 17.2 Å². The van der Waals surface area contributed by atoms with Gasteiger partial charge in [0.05, 0.1) is 32.1 Å². The second kappa shape index (κ2) is 14.9. The molecule has 0 atom stereocenters. The molecule has 0 fully saturated rings. The molecule has 0 saturated heterocycles. The molecule has 4 aromatic rings. The van der Waals surface area contributed by atoms with Crippen molar-refractivity contribution in [1.82, 2.24) is 5.32 Å². The maximum atomic E-state index is 13.6. The van der Waals surface area contributed by atoms with Gasteiger partial charge in [0.25, 0.3) is 11.8 Å². The molecule has 0 saturated carbocycles. The zero-order valence-corrected chi connectivity index (χ0v) is 25.3. The number of carbonyl (C=O) groups excluding carboxylic acids is 3. The number of hydrogen-bond donors (Lipinski definition) is 2. The molecule has 0 aliphatic heterocycles. The van der Waals surface area contributed by atoms with Gasteiger partial charge in [-0.2, -0.15) is 0 Å². The highest BCUT2D eigenvalue weighted by Crippen LogP contribution is 2.35. The number of ketones is 1. The number of anilines is 1. The van der Waals surface area contributed by atoms with Gasteiger partial charge in [-0.3, -0.25) is 14.4 Å². The highest BCUT2D eigenvalue weighted by atomic mass is 35.5. The summed E-state index contributed by atoms with van der Waals surface area (Å²) in [6.07, 6.45) is 1.50. The zero-order chi connectivity index (χ0) is 30.8. The monoisotopic (exact) mass is 616 g/mol. The summed E-state index contributed by atoms with van der Waals surface area (Å²) in [5.74, 6) is 0.275. The number of methoxy groups -OCH3 is 3. The van der Waals surface area contributed by atoms with Crippen LogP contribution >= 0.6 is 23.4 Å². The number of halogens is 1. The summed E-state index contributed by atoms with van der Waals surface area (Å²) in [4.78, 5) is 40.1. The van der Waals surface area contributed by atoms with E-state index in [0.29, 0.717) is 44.6 Å². The molecule has 0 aliphatic carbocycles. The molecule has 10 heteroatoms. The number of carbonyl (C=O) groups is 3. The Labute approximate surface area is 259 Å². The largest absolute Gasteiger partial charge is 0.496 e. The predicted molar refractivity (Wildman–Crippen MR) is 170 cm³/mol. The fourth-order valence-electron chi connectivity index (χ4n) is 4.04.